The molecule has 8 heteroatoms. The van der Waals surface area contributed by atoms with Gasteiger partial charge >= 0.3 is 0 Å². The number of hydrogen-bond donors (Lipinski definition) is 0. The predicted octanol–water partition coefficient (Wildman–Crippen LogP) is 3.85. The fraction of sp³-hybridized carbons (Fsp3) is 0.217. The third kappa shape index (κ3) is 4.89. The van der Waals surface area contributed by atoms with Crippen LogP contribution in [0.5, 0.6) is 0 Å². The lowest BCUT2D eigenvalue weighted by atomic mass is 10.1. The van der Waals surface area contributed by atoms with Gasteiger partial charge in [-0.25, -0.2) is 13.1 Å². The maximum Gasteiger partial charge on any atom is 0.246 e. The molecule has 1 aliphatic heterocycles. The third-order valence-electron chi connectivity index (χ3n) is 5.39. The number of hydrogen-bond acceptors (Lipinski definition) is 4. The first-order valence-electron chi connectivity index (χ1n) is 9.89. The maximum atomic E-state index is 12.7. The van der Waals surface area contributed by atoms with E-state index in [1.807, 2.05) is 48.7 Å². The second-order valence-corrected chi connectivity index (χ2v) is 10.2. The number of aromatic nitrogens is 2. The number of sulfone groups is 1. The van der Waals surface area contributed by atoms with Crippen molar-refractivity contribution < 1.29 is 13.2 Å². The molecule has 2 aromatic carbocycles. The minimum atomic E-state index is -3.06. The van der Waals surface area contributed by atoms with E-state index in [0.717, 1.165) is 22.5 Å². The van der Waals surface area contributed by atoms with Crippen LogP contribution in [0.3, 0.4) is 0 Å². The van der Waals surface area contributed by atoms with Crippen LogP contribution in [-0.2, 0) is 14.6 Å². The van der Waals surface area contributed by atoms with E-state index >= 15 is 0 Å². The molecule has 1 fully saturated rings. The van der Waals surface area contributed by atoms with E-state index in [1.54, 1.807) is 29.9 Å². The summed E-state index contributed by atoms with van der Waals surface area (Å²) in [6, 6.07) is 16.8. The molecule has 3 aromatic rings. The molecule has 0 saturated carbocycles. The number of carbonyl (C=O) groups excluding carboxylic acids is 1. The lowest BCUT2D eigenvalue weighted by Gasteiger charge is -2.21. The maximum absolute atomic E-state index is 12.7. The summed E-state index contributed by atoms with van der Waals surface area (Å²) in [4.78, 5) is 14.2. The van der Waals surface area contributed by atoms with E-state index < -0.39 is 9.84 Å². The highest BCUT2D eigenvalue weighted by molar-refractivity contribution is 7.91. The van der Waals surface area contributed by atoms with Crippen molar-refractivity contribution in [3.63, 3.8) is 0 Å². The molecule has 0 bridgehead atoms. The van der Waals surface area contributed by atoms with Gasteiger partial charge in [0.2, 0.25) is 5.91 Å². The average Bonchev–Trinajstić information content (AvgIpc) is 3.36. The first-order valence-corrected chi connectivity index (χ1v) is 12.1. The number of para-hydroxylation sites is 1. The summed E-state index contributed by atoms with van der Waals surface area (Å²) in [6.45, 7) is 0. The Morgan fingerprint density at radius 1 is 1.16 bits per heavy atom. The average molecular weight is 456 g/mol. The first kappa shape index (κ1) is 21.3. The van der Waals surface area contributed by atoms with Gasteiger partial charge in [-0.2, -0.15) is 5.10 Å². The van der Waals surface area contributed by atoms with Crippen molar-refractivity contribution in [2.24, 2.45) is 0 Å². The molecule has 1 saturated heterocycles. The first-order chi connectivity index (χ1) is 14.8. The highest BCUT2D eigenvalue weighted by Crippen LogP contribution is 2.26. The molecule has 2 heterocycles. The summed E-state index contributed by atoms with van der Waals surface area (Å²) in [5, 5.41) is 5.35. The summed E-state index contributed by atoms with van der Waals surface area (Å²) in [5.41, 5.74) is 3.26. The monoisotopic (exact) mass is 455 g/mol. The SMILES string of the molecule is CN(C(=O)C=Cc1cn(-c2ccccc2)nc1-c1ccc(Cl)cc1)C1CCS(=O)(=O)C1. The topological polar surface area (TPSA) is 72.3 Å². The third-order valence-corrected chi connectivity index (χ3v) is 7.39. The van der Waals surface area contributed by atoms with E-state index in [0.29, 0.717) is 11.4 Å². The molecule has 1 atom stereocenters. The molecular formula is C23H22ClN3O3S. The second kappa shape index (κ2) is 8.69. The Bertz CT molecular complexity index is 1220. The van der Waals surface area contributed by atoms with Gasteiger partial charge in [0.15, 0.2) is 9.84 Å². The molecule has 1 unspecified atom stereocenters. The Balaban J connectivity index is 1.64. The van der Waals surface area contributed by atoms with Gasteiger partial charge in [0.1, 0.15) is 0 Å². The van der Waals surface area contributed by atoms with Gasteiger partial charge in [-0.05, 0) is 36.8 Å². The van der Waals surface area contributed by atoms with Gasteiger partial charge in [-0.1, -0.05) is 41.9 Å². The minimum Gasteiger partial charge on any atom is -0.338 e. The van der Waals surface area contributed by atoms with E-state index in [9.17, 15) is 13.2 Å². The fourth-order valence-corrected chi connectivity index (χ4v) is 5.49. The van der Waals surface area contributed by atoms with Crippen LogP contribution in [0.15, 0.2) is 66.9 Å². The molecule has 31 heavy (non-hydrogen) atoms. The normalized spacial score (nSPS) is 17.8. The Kier molecular flexibility index (Phi) is 5.98. The number of carbonyl (C=O) groups is 1. The molecule has 0 N–H and O–H groups in total. The van der Waals surface area contributed by atoms with Gasteiger partial charge < -0.3 is 4.90 Å². The van der Waals surface area contributed by atoms with Crippen LogP contribution in [-0.4, -0.2) is 53.6 Å². The quantitative estimate of drug-likeness (QED) is 0.548. The zero-order valence-corrected chi connectivity index (χ0v) is 18.6. The van der Waals surface area contributed by atoms with Crippen LogP contribution < -0.4 is 0 Å². The van der Waals surface area contributed by atoms with Crippen LogP contribution in [0.4, 0.5) is 0 Å². The minimum absolute atomic E-state index is 0.0189. The van der Waals surface area contributed by atoms with Crippen LogP contribution in [0, 0.1) is 0 Å². The van der Waals surface area contributed by atoms with Crippen LogP contribution in [0.1, 0.15) is 12.0 Å². The Morgan fingerprint density at radius 2 is 1.87 bits per heavy atom. The summed E-state index contributed by atoms with van der Waals surface area (Å²) in [6.07, 6.45) is 5.53. The molecule has 1 aliphatic rings. The molecule has 1 amide bonds. The molecule has 4 rings (SSSR count). The molecular weight excluding hydrogens is 434 g/mol. The fourth-order valence-electron chi connectivity index (χ4n) is 3.59. The molecule has 160 valence electrons. The molecule has 0 radical (unpaired) electrons. The lowest BCUT2D eigenvalue weighted by Crippen LogP contribution is -2.36. The van der Waals surface area contributed by atoms with E-state index in [-0.39, 0.29) is 23.5 Å². The van der Waals surface area contributed by atoms with Crippen molar-refractivity contribution in [3.8, 4) is 16.9 Å². The lowest BCUT2D eigenvalue weighted by molar-refractivity contribution is -0.126. The Morgan fingerprint density at radius 3 is 2.52 bits per heavy atom. The number of amides is 1. The molecule has 1 aromatic heterocycles. The van der Waals surface area contributed by atoms with Crippen molar-refractivity contribution in [1.82, 2.24) is 14.7 Å². The standard InChI is InChI=1S/C23H22ClN3O3S/c1-26(21-13-14-31(29,30)16-21)22(28)12-9-18-15-27(20-5-3-2-4-6-20)25-23(18)17-7-10-19(24)11-8-17/h2-12,15,21H,13-14,16H2,1H3. The summed E-state index contributed by atoms with van der Waals surface area (Å²) >= 11 is 6.03. The van der Waals surface area contributed by atoms with Crippen LogP contribution in [0.25, 0.3) is 23.0 Å². The van der Waals surface area contributed by atoms with Crippen molar-refractivity contribution >= 4 is 33.4 Å². The number of rotatable bonds is 5. The van der Waals surface area contributed by atoms with E-state index in [2.05, 4.69) is 0 Å². The van der Waals surface area contributed by atoms with Crippen molar-refractivity contribution in [1.29, 1.82) is 0 Å². The van der Waals surface area contributed by atoms with Gasteiger partial charge in [-0.3, -0.25) is 4.79 Å². The number of halogens is 1. The molecule has 0 spiro atoms. The van der Waals surface area contributed by atoms with Crippen molar-refractivity contribution in [2.45, 2.75) is 12.5 Å². The van der Waals surface area contributed by atoms with Gasteiger partial charge in [-0.15, -0.1) is 0 Å². The molecule has 6 nitrogen and oxygen atoms in total. The number of nitrogens with zero attached hydrogens (tertiary/aromatic N) is 3. The van der Waals surface area contributed by atoms with Gasteiger partial charge in [0, 0.05) is 41.5 Å². The van der Waals surface area contributed by atoms with Crippen molar-refractivity contribution in [2.75, 3.05) is 18.6 Å². The van der Waals surface area contributed by atoms with Crippen LogP contribution >= 0.6 is 11.6 Å². The summed E-state index contributed by atoms with van der Waals surface area (Å²) in [7, 11) is -1.41. The van der Waals surface area contributed by atoms with Gasteiger partial charge in [0.05, 0.1) is 22.9 Å². The highest BCUT2D eigenvalue weighted by Gasteiger charge is 2.32. The second-order valence-electron chi connectivity index (χ2n) is 7.56. The smallest absolute Gasteiger partial charge is 0.246 e. The summed E-state index contributed by atoms with van der Waals surface area (Å²) < 4.78 is 25.2. The summed E-state index contributed by atoms with van der Waals surface area (Å²) in [5.74, 6) is -0.0918. The number of benzene rings is 2. The van der Waals surface area contributed by atoms with Crippen LogP contribution in [0.2, 0.25) is 5.02 Å². The Hall–Kier alpha value is -2.90. The number of likely N-dealkylation sites (N-methyl/N-ethyl adjacent to an activating group) is 1. The highest BCUT2D eigenvalue weighted by atomic mass is 35.5. The zero-order chi connectivity index (χ0) is 22.0. The van der Waals surface area contributed by atoms with E-state index in [4.69, 9.17) is 16.7 Å². The van der Waals surface area contributed by atoms with Gasteiger partial charge in [0.25, 0.3) is 0 Å². The Labute approximate surface area is 186 Å². The molecule has 0 aliphatic carbocycles. The predicted molar refractivity (Wildman–Crippen MR) is 123 cm³/mol. The van der Waals surface area contributed by atoms with E-state index in [1.165, 1.54) is 11.0 Å². The zero-order valence-electron chi connectivity index (χ0n) is 17.0. The largest absolute Gasteiger partial charge is 0.338 e. The van der Waals surface area contributed by atoms with Crippen molar-refractivity contribution in [3.05, 3.63) is 77.5 Å².